The number of aryl methyl sites for hydroxylation is 1. The number of benzene rings is 1. The molecule has 0 aliphatic carbocycles. The maximum Gasteiger partial charge on any atom is 0.227 e. The van der Waals surface area contributed by atoms with Crippen molar-refractivity contribution >= 4 is 5.91 Å². The molecule has 1 aliphatic heterocycles. The van der Waals surface area contributed by atoms with Gasteiger partial charge in [0.1, 0.15) is 0 Å². The van der Waals surface area contributed by atoms with Crippen LogP contribution in [0.2, 0.25) is 0 Å². The second-order valence-corrected chi connectivity index (χ2v) is 7.32. The Bertz CT molecular complexity index is 516. The highest BCUT2D eigenvalue weighted by molar-refractivity contribution is 5.83. The first-order valence-electron chi connectivity index (χ1n) is 8.43. The summed E-state index contributed by atoms with van der Waals surface area (Å²) in [6.45, 7) is 12.8. The summed E-state index contributed by atoms with van der Waals surface area (Å²) < 4.78 is 0. The van der Waals surface area contributed by atoms with E-state index in [9.17, 15) is 4.79 Å². The van der Waals surface area contributed by atoms with E-state index in [4.69, 9.17) is 0 Å². The van der Waals surface area contributed by atoms with Crippen molar-refractivity contribution in [3.63, 3.8) is 0 Å². The van der Waals surface area contributed by atoms with Crippen molar-refractivity contribution in [2.45, 2.75) is 65.0 Å². The average molecular weight is 302 g/mol. The van der Waals surface area contributed by atoms with Crippen molar-refractivity contribution < 1.29 is 4.79 Å². The van der Waals surface area contributed by atoms with Gasteiger partial charge in [-0.1, -0.05) is 29.8 Å². The lowest BCUT2D eigenvalue weighted by molar-refractivity contribution is -0.124. The van der Waals surface area contributed by atoms with Crippen LogP contribution in [0.15, 0.2) is 24.3 Å². The highest BCUT2D eigenvalue weighted by Gasteiger charge is 2.33. The average Bonchev–Trinajstić information content (AvgIpc) is 2.46. The summed E-state index contributed by atoms with van der Waals surface area (Å²) in [6, 6.07) is 8.83. The molecule has 1 amide bonds. The summed E-state index contributed by atoms with van der Waals surface area (Å²) in [7, 11) is 0. The van der Waals surface area contributed by atoms with Crippen molar-refractivity contribution in [3.05, 3.63) is 35.4 Å². The summed E-state index contributed by atoms with van der Waals surface area (Å²) in [5, 5.41) is 3.31. The number of nitrogens with one attached hydrogen (secondary N) is 1. The first-order valence-corrected chi connectivity index (χ1v) is 8.43. The van der Waals surface area contributed by atoms with Crippen LogP contribution in [0.1, 0.15) is 57.6 Å². The fourth-order valence-corrected chi connectivity index (χ4v) is 3.16. The number of amides is 1. The van der Waals surface area contributed by atoms with Crippen LogP contribution >= 0.6 is 0 Å². The summed E-state index contributed by atoms with van der Waals surface area (Å²) in [6.07, 6.45) is 2.05. The minimum atomic E-state index is -0.0974. The minimum Gasteiger partial charge on any atom is -0.350 e. The third-order valence-electron chi connectivity index (χ3n) is 4.99. The lowest BCUT2D eigenvalue weighted by atomic mass is 9.87. The lowest BCUT2D eigenvalue weighted by Gasteiger charge is -2.42. The molecule has 1 aliphatic rings. The van der Waals surface area contributed by atoms with E-state index in [0.717, 1.165) is 31.5 Å². The van der Waals surface area contributed by atoms with Crippen molar-refractivity contribution in [2.75, 3.05) is 13.1 Å². The van der Waals surface area contributed by atoms with Gasteiger partial charge in [0, 0.05) is 24.7 Å². The zero-order valence-electron chi connectivity index (χ0n) is 14.6. The van der Waals surface area contributed by atoms with Gasteiger partial charge in [0.25, 0.3) is 0 Å². The Balaban J connectivity index is 1.97. The molecule has 1 aromatic rings. The third-order valence-corrected chi connectivity index (χ3v) is 4.99. The standard InChI is InChI=1S/C19H30N2O/c1-14(2)21-11-9-19(5,10-12-21)20-18(22)16(4)17-8-6-7-15(3)13-17/h6-8,13-14,16H,9-12H2,1-5H3,(H,20,22). The highest BCUT2D eigenvalue weighted by Crippen LogP contribution is 2.25. The van der Waals surface area contributed by atoms with E-state index in [-0.39, 0.29) is 17.4 Å². The van der Waals surface area contributed by atoms with E-state index >= 15 is 0 Å². The Labute approximate surface area is 135 Å². The second kappa shape index (κ2) is 6.82. The Morgan fingerprint density at radius 3 is 2.41 bits per heavy atom. The fourth-order valence-electron chi connectivity index (χ4n) is 3.16. The smallest absolute Gasteiger partial charge is 0.227 e. The van der Waals surface area contributed by atoms with E-state index in [2.05, 4.69) is 50.0 Å². The van der Waals surface area contributed by atoms with Crippen LogP contribution in [-0.2, 0) is 4.79 Å². The first kappa shape index (κ1) is 17.0. The number of likely N-dealkylation sites (tertiary alicyclic amines) is 1. The normalized spacial score (nSPS) is 19.9. The SMILES string of the molecule is Cc1cccc(C(C)C(=O)NC2(C)CCN(C(C)C)CC2)c1. The number of nitrogens with zero attached hydrogens (tertiary/aromatic N) is 1. The van der Waals surface area contributed by atoms with Gasteiger partial charge >= 0.3 is 0 Å². The molecule has 0 spiro atoms. The summed E-state index contributed by atoms with van der Waals surface area (Å²) >= 11 is 0. The number of rotatable bonds is 4. The van der Waals surface area contributed by atoms with Gasteiger partial charge in [0.05, 0.1) is 5.92 Å². The van der Waals surface area contributed by atoms with Crippen LogP contribution in [-0.4, -0.2) is 35.5 Å². The quantitative estimate of drug-likeness (QED) is 0.923. The molecule has 0 radical (unpaired) electrons. The number of hydrogen-bond acceptors (Lipinski definition) is 2. The first-order chi connectivity index (χ1) is 10.3. The van der Waals surface area contributed by atoms with Crippen LogP contribution in [0, 0.1) is 6.92 Å². The topological polar surface area (TPSA) is 32.3 Å². The van der Waals surface area contributed by atoms with E-state index in [1.807, 2.05) is 19.1 Å². The number of hydrogen-bond donors (Lipinski definition) is 1. The Kier molecular flexibility index (Phi) is 5.28. The van der Waals surface area contributed by atoms with Crippen LogP contribution in [0.4, 0.5) is 0 Å². The molecule has 1 aromatic carbocycles. The van der Waals surface area contributed by atoms with Crippen LogP contribution in [0.5, 0.6) is 0 Å². The van der Waals surface area contributed by atoms with Gasteiger partial charge in [0.2, 0.25) is 5.91 Å². The molecule has 0 bridgehead atoms. The van der Waals surface area contributed by atoms with Crippen molar-refractivity contribution in [3.8, 4) is 0 Å². The van der Waals surface area contributed by atoms with Gasteiger partial charge in [-0.15, -0.1) is 0 Å². The fraction of sp³-hybridized carbons (Fsp3) is 0.632. The van der Waals surface area contributed by atoms with E-state index in [1.165, 1.54) is 5.56 Å². The molecule has 1 N–H and O–H groups in total. The molecule has 3 heteroatoms. The number of carbonyl (C=O) groups is 1. The number of piperidine rings is 1. The lowest BCUT2D eigenvalue weighted by Crippen LogP contribution is -2.55. The predicted octanol–water partition coefficient (Wildman–Crippen LogP) is 3.48. The zero-order chi connectivity index (χ0) is 16.3. The Morgan fingerprint density at radius 1 is 1.23 bits per heavy atom. The molecule has 1 saturated heterocycles. The van der Waals surface area contributed by atoms with Gasteiger partial charge < -0.3 is 10.2 Å². The van der Waals surface area contributed by atoms with Gasteiger partial charge in [-0.2, -0.15) is 0 Å². The second-order valence-electron chi connectivity index (χ2n) is 7.32. The maximum absolute atomic E-state index is 12.6. The molecule has 1 fully saturated rings. The third kappa shape index (κ3) is 4.10. The zero-order valence-corrected chi connectivity index (χ0v) is 14.6. The maximum atomic E-state index is 12.6. The molecule has 3 nitrogen and oxygen atoms in total. The molecule has 22 heavy (non-hydrogen) atoms. The molecular formula is C19H30N2O. The van der Waals surface area contributed by atoms with Gasteiger partial charge in [-0.05, 0) is 53.0 Å². The Hall–Kier alpha value is -1.35. The monoisotopic (exact) mass is 302 g/mol. The molecule has 1 atom stereocenters. The summed E-state index contributed by atoms with van der Waals surface area (Å²) in [5.41, 5.74) is 2.23. The highest BCUT2D eigenvalue weighted by atomic mass is 16.2. The van der Waals surface area contributed by atoms with Gasteiger partial charge in [-0.3, -0.25) is 4.79 Å². The summed E-state index contributed by atoms with van der Waals surface area (Å²) in [4.78, 5) is 15.1. The van der Waals surface area contributed by atoms with E-state index < -0.39 is 0 Å². The van der Waals surface area contributed by atoms with Crippen LogP contribution in [0.3, 0.4) is 0 Å². The molecule has 2 rings (SSSR count). The van der Waals surface area contributed by atoms with Gasteiger partial charge in [-0.25, -0.2) is 0 Å². The van der Waals surface area contributed by atoms with Crippen LogP contribution < -0.4 is 5.32 Å². The van der Waals surface area contributed by atoms with Crippen molar-refractivity contribution in [1.29, 1.82) is 0 Å². The van der Waals surface area contributed by atoms with E-state index in [1.54, 1.807) is 0 Å². The van der Waals surface area contributed by atoms with E-state index in [0.29, 0.717) is 6.04 Å². The van der Waals surface area contributed by atoms with Gasteiger partial charge in [0.15, 0.2) is 0 Å². The largest absolute Gasteiger partial charge is 0.350 e. The van der Waals surface area contributed by atoms with Crippen molar-refractivity contribution in [1.82, 2.24) is 10.2 Å². The molecule has 122 valence electrons. The van der Waals surface area contributed by atoms with Crippen LogP contribution in [0.25, 0.3) is 0 Å². The molecular weight excluding hydrogens is 272 g/mol. The number of carbonyl (C=O) groups excluding carboxylic acids is 1. The molecule has 0 aromatic heterocycles. The minimum absolute atomic E-state index is 0.0689. The molecule has 1 unspecified atom stereocenters. The molecule has 0 saturated carbocycles. The summed E-state index contributed by atoms with van der Waals surface area (Å²) in [5.74, 6) is 0.0472. The predicted molar refractivity (Wildman–Crippen MR) is 92.1 cm³/mol. The molecule has 1 heterocycles. The van der Waals surface area contributed by atoms with Crippen molar-refractivity contribution in [2.24, 2.45) is 0 Å². The Morgan fingerprint density at radius 2 is 1.86 bits per heavy atom.